The van der Waals surface area contributed by atoms with Crippen LogP contribution in [-0.2, 0) is 9.53 Å². The van der Waals surface area contributed by atoms with Crippen LogP contribution in [0.2, 0.25) is 0 Å². The van der Waals surface area contributed by atoms with Gasteiger partial charge in [0.1, 0.15) is 6.61 Å². The molecule has 0 N–H and O–H groups in total. The van der Waals surface area contributed by atoms with Gasteiger partial charge < -0.3 is 14.2 Å². The van der Waals surface area contributed by atoms with Crippen LogP contribution in [0.5, 0.6) is 11.5 Å². The number of hydrogen-bond acceptors (Lipinski definition) is 7. The molecule has 0 unspecified atom stereocenters. The molecule has 180 valence electrons. The van der Waals surface area contributed by atoms with Crippen LogP contribution in [0.3, 0.4) is 0 Å². The van der Waals surface area contributed by atoms with Crippen LogP contribution in [0.15, 0.2) is 76.2 Å². The van der Waals surface area contributed by atoms with E-state index in [4.69, 9.17) is 14.2 Å². The van der Waals surface area contributed by atoms with E-state index >= 15 is 0 Å². The Labute approximate surface area is 206 Å². The molecule has 0 saturated heterocycles. The van der Waals surface area contributed by atoms with E-state index in [1.54, 1.807) is 30.7 Å². The topological polar surface area (TPSA) is 79.1 Å². The van der Waals surface area contributed by atoms with Crippen LogP contribution in [0, 0.1) is 6.92 Å². The SMILES string of the molecule is C=CCOC(=O)C1=C(C)N=c2s/c(=C\c3ccc(C)cc3)c(=O)n2[C@H]1c1ccc(OC)c(OC)c1. The van der Waals surface area contributed by atoms with Gasteiger partial charge in [0.25, 0.3) is 5.56 Å². The van der Waals surface area contributed by atoms with Crippen molar-refractivity contribution >= 4 is 23.4 Å². The van der Waals surface area contributed by atoms with Gasteiger partial charge in [-0.2, -0.15) is 0 Å². The molecule has 0 fully saturated rings. The summed E-state index contributed by atoms with van der Waals surface area (Å²) in [7, 11) is 3.09. The third-order valence-electron chi connectivity index (χ3n) is 5.67. The number of rotatable bonds is 7. The van der Waals surface area contributed by atoms with Gasteiger partial charge in [0, 0.05) is 0 Å². The minimum atomic E-state index is -0.747. The molecule has 4 rings (SSSR count). The Bertz CT molecular complexity index is 1500. The lowest BCUT2D eigenvalue weighted by Crippen LogP contribution is -2.40. The molecule has 3 aromatic rings. The van der Waals surface area contributed by atoms with Gasteiger partial charge in [0.05, 0.1) is 36.1 Å². The van der Waals surface area contributed by atoms with Gasteiger partial charge in [0.15, 0.2) is 16.3 Å². The molecule has 8 heteroatoms. The second-order valence-electron chi connectivity index (χ2n) is 7.99. The van der Waals surface area contributed by atoms with Gasteiger partial charge in [-0.3, -0.25) is 9.36 Å². The average Bonchev–Trinajstić information content (AvgIpc) is 3.16. The lowest BCUT2D eigenvalue weighted by molar-refractivity contribution is -0.138. The zero-order valence-electron chi connectivity index (χ0n) is 20.0. The number of nitrogens with zero attached hydrogens (tertiary/aromatic N) is 2. The van der Waals surface area contributed by atoms with E-state index in [-0.39, 0.29) is 17.7 Å². The minimum Gasteiger partial charge on any atom is -0.493 e. The molecule has 1 aliphatic heterocycles. The molecule has 2 heterocycles. The van der Waals surface area contributed by atoms with Gasteiger partial charge in [-0.25, -0.2) is 9.79 Å². The molecular formula is C27H26N2O5S. The number of fused-ring (bicyclic) bond motifs is 1. The van der Waals surface area contributed by atoms with Crippen LogP contribution < -0.4 is 24.4 Å². The molecule has 0 amide bonds. The Kier molecular flexibility index (Phi) is 7.02. The highest BCUT2D eigenvalue weighted by atomic mass is 32.1. The second-order valence-corrected chi connectivity index (χ2v) is 9.00. The second kappa shape index (κ2) is 10.1. The summed E-state index contributed by atoms with van der Waals surface area (Å²) < 4.78 is 18.3. The molecule has 35 heavy (non-hydrogen) atoms. The lowest BCUT2D eigenvalue weighted by Gasteiger charge is -2.25. The molecule has 1 aliphatic rings. The van der Waals surface area contributed by atoms with Crippen molar-refractivity contribution in [2.24, 2.45) is 4.99 Å². The van der Waals surface area contributed by atoms with E-state index in [9.17, 15) is 9.59 Å². The standard InChI is InChI=1S/C27H26N2O5S/c1-6-13-34-26(31)23-17(3)28-27-29(24(23)19-11-12-20(32-4)21(15-19)33-5)25(30)22(35-27)14-18-9-7-16(2)8-10-18/h6-12,14-15,24H,1,13H2,2-5H3/b22-14-/t24-/m0/s1. The predicted octanol–water partition coefficient (Wildman–Crippen LogP) is 3.29. The summed E-state index contributed by atoms with van der Waals surface area (Å²) in [5.74, 6) is 0.471. The maximum absolute atomic E-state index is 13.7. The van der Waals surface area contributed by atoms with Crippen molar-refractivity contribution < 1.29 is 19.0 Å². The summed E-state index contributed by atoms with van der Waals surface area (Å²) in [6, 6.07) is 12.5. The fourth-order valence-corrected chi connectivity index (χ4v) is 4.99. The van der Waals surface area contributed by atoms with Gasteiger partial charge in [0.2, 0.25) is 0 Å². The number of benzene rings is 2. The van der Waals surface area contributed by atoms with Gasteiger partial charge >= 0.3 is 5.97 Å². The first kappa shape index (κ1) is 24.2. The predicted molar refractivity (Wildman–Crippen MR) is 136 cm³/mol. The fraction of sp³-hybridized carbons (Fsp3) is 0.222. The Morgan fingerprint density at radius 3 is 2.49 bits per heavy atom. The number of aromatic nitrogens is 1. The number of methoxy groups -OCH3 is 2. The van der Waals surface area contributed by atoms with E-state index in [0.29, 0.717) is 32.1 Å². The largest absolute Gasteiger partial charge is 0.493 e. The maximum Gasteiger partial charge on any atom is 0.338 e. The summed E-state index contributed by atoms with van der Waals surface area (Å²) in [4.78, 5) is 31.9. The van der Waals surface area contributed by atoms with Gasteiger partial charge in [-0.1, -0.05) is 59.9 Å². The van der Waals surface area contributed by atoms with E-state index in [1.165, 1.54) is 24.5 Å². The van der Waals surface area contributed by atoms with E-state index in [0.717, 1.165) is 11.1 Å². The number of carbonyl (C=O) groups excluding carboxylic acids is 1. The minimum absolute atomic E-state index is 0.0477. The molecule has 0 radical (unpaired) electrons. The number of hydrogen-bond donors (Lipinski definition) is 0. The number of esters is 1. The molecule has 1 aromatic heterocycles. The van der Waals surface area contributed by atoms with Crippen molar-refractivity contribution in [3.8, 4) is 11.5 Å². The first-order valence-corrected chi connectivity index (χ1v) is 11.8. The van der Waals surface area contributed by atoms with E-state index in [2.05, 4.69) is 11.6 Å². The van der Waals surface area contributed by atoms with Crippen LogP contribution >= 0.6 is 11.3 Å². The molecule has 1 atom stereocenters. The number of aryl methyl sites for hydroxylation is 1. The zero-order chi connectivity index (χ0) is 25.1. The zero-order valence-corrected chi connectivity index (χ0v) is 20.8. The lowest BCUT2D eigenvalue weighted by atomic mass is 9.95. The molecule has 0 spiro atoms. The quantitative estimate of drug-likeness (QED) is 0.375. The number of allylic oxidation sites excluding steroid dienone is 1. The monoisotopic (exact) mass is 490 g/mol. The third-order valence-corrected chi connectivity index (χ3v) is 6.66. The number of carbonyl (C=O) groups is 1. The molecule has 0 saturated carbocycles. The molecular weight excluding hydrogens is 464 g/mol. The van der Waals surface area contributed by atoms with Gasteiger partial charge in [-0.15, -0.1) is 0 Å². The van der Waals surface area contributed by atoms with Crippen LogP contribution in [0.1, 0.15) is 29.7 Å². The maximum atomic E-state index is 13.7. The van der Waals surface area contributed by atoms with Crippen LogP contribution in [-0.4, -0.2) is 31.4 Å². The smallest absolute Gasteiger partial charge is 0.338 e. The Balaban J connectivity index is 1.95. The van der Waals surface area contributed by atoms with Crippen LogP contribution in [0.25, 0.3) is 6.08 Å². The highest BCUT2D eigenvalue weighted by Gasteiger charge is 2.34. The fourth-order valence-electron chi connectivity index (χ4n) is 3.95. The van der Waals surface area contributed by atoms with Crippen molar-refractivity contribution in [1.29, 1.82) is 0 Å². The Morgan fingerprint density at radius 1 is 1.11 bits per heavy atom. The van der Waals surface area contributed by atoms with E-state index < -0.39 is 12.0 Å². The van der Waals surface area contributed by atoms with Crippen LogP contribution in [0.4, 0.5) is 0 Å². The normalized spacial score (nSPS) is 15.3. The molecule has 2 aromatic carbocycles. The number of ether oxygens (including phenoxy) is 3. The van der Waals surface area contributed by atoms with Crippen molar-refractivity contribution in [3.05, 3.63) is 103 Å². The summed E-state index contributed by atoms with van der Waals surface area (Å²) in [5.41, 5.74) is 3.25. The Morgan fingerprint density at radius 2 is 1.83 bits per heavy atom. The summed E-state index contributed by atoms with van der Waals surface area (Å²) in [5, 5.41) is 0. The summed E-state index contributed by atoms with van der Waals surface area (Å²) in [6.45, 7) is 7.41. The highest BCUT2D eigenvalue weighted by Crippen LogP contribution is 2.36. The first-order valence-electron chi connectivity index (χ1n) is 11.0. The van der Waals surface area contributed by atoms with Crippen molar-refractivity contribution in [1.82, 2.24) is 4.57 Å². The third kappa shape index (κ3) is 4.70. The summed E-state index contributed by atoms with van der Waals surface area (Å²) in [6.07, 6.45) is 3.33. The number of thiazole rings is 1. The van der Waals surface area contributed by atoms with Crippen molar-refractivity contribution in [3.63, 3.8) is 0 Å². The van der Waals surface area contributed by atoms with Crippen molar-refractivity contribution in [2.45, 2.75) is 19.9 Å². The first-order chi connectivity index (χ1) is 16.9. The van der Waals surface area contributed by atoms with Gasteiger partial charge in [-0.05, 0) is 43.2 Å². The molecule has 0 aliphatic carbocycles. The molecule has 0 bridgehead atoms. The molecule has 7 nitrogen and oxygen atoms in total. The van der Waals surface area contributed by atoms with E-state index in [1.807, 2.05) is 43.3 Å². The average molecular weight is 491 g/mol. The Hall–Kier alpha value is -3.91. The summed E-state index contributed by atoms with van der Waals surface area (Å²) >= 11 is 1.28. The van der Waals surface area contributed by atoms with Crippen molar-refractivity contribution in [2.75, 3.05) is 20.8 Å². The highest BCUT2D eigenvalue weighted by molar-refractivity contribution is 7.07.